The van der Waals surface area contributed by atoms with E-state index < -0.39 is 5.97 Å². The van der Waals surface area contributed by atoms with Gasteiger partial charge in [-0.25, -0.2) is 0 Å². The Morgan fingerprint density at radius 1 is 1.50 bits per heavy atom. The van der Waals surface area contributed by atoms with Gasteiger partial charge in [0, 0.05) is 24.4 Å². The molecule has 5 heteroatoms. The van der Waals surface area contributed by atoms with Crippen LogP contribution in [-0.4, -0.2) is 28.8 Å². The molecule has 0 saturated carbocycles. The molecule has 86 valence electrons. The number of nitrogens with zero attached hydrogens (tertiary/aromatic N) is 1. The molecule has 0 amide bonds. The highest BCUT2D eigenvalue weighted by atomic mass is 16.7. The van der Waals surface area contributed by atoms with Crippen LogP contribution in [0.2, 0.25) is 0 Å². The van der Waals surface area contributed by atoms with Crippen LogP contribution in [0.3, 0.4) is 0 Å². The largest absolute Gasteiger partial charge is 0.481 e. The fourth-order valence-corrected chi connectivity index (χ4v) is 1.58. The van der Waals surface area contributed by atoms with Gasteiger partial charge in [-0.1, -0.05) is 0 Å². The lowest BCUT2D eigenvalue weighted by atomic mass is 10.2. The Bertz CT molecular complexity index is 354. The normalized spacial score (nSPS) is 24.5. The minimum absolute atomic E-state index is 0.108. The van der Waals surface area contributed by atoms with Crippen LogP contribution >= 0.6 is 0 Å². The molecule has 0 radical (unpaired) electrons. The Labute approximate surface area is 93.0 Å². The van der Waals surface area contributed by atoms with E-state index in [4.69, 9.17) is 14.6 Å². The molecule has 2 atom stereocenters. The first-order valence-corrected chi connectivity index (χ1v) is 5.14. The summed E-state index contributed by atoms with van der Waals surface area (Å²) in [5.74, 6) is -0.809. The molecule has 1 aliphatic heterocycles. The molecule has 2 rings (SSSR count). The molecule has 1 fully saturated rings. The number of carboxylic acid groups (broad SMARTS) is 1. The maximum absolute atomic E-state index is 10.4. The Balaban J connectivity index is 1.86. The first-order valence-electron chi connectivity index (χ1n) is 5.14. The van der Waals surface area contributed by atoms with Crippen LogP contribution in [0.1, 0.15) is 24.7 Å². The summed E-state index contributed by atoms with van der Waals surface area (Å²) in [6.45, 7) is 0.445. The zero-order valence-corrected chi connectivity index (χ0v) is 8.70. The molecule has 5 nitrogen and oxygen atoms in total. The fraction of sp³-hybridized carbons (Fsp3) is 0.455. The number of aromatic nitrogens is 1. The van der Waals surface area contributed by atoms with Crippen molar-refractivity contribution in [3.8, 4) is 0 Å². The van der Waals surface area contributed by atoms with Crippen LogP contribution in [0, 0.1) is 0 Å². The standard InChI is InChI=1S/C11H13NO4/c13-10(14)2-1-9-7-15-11(16-9)8-3-5-12-6-4-8/h3-6,9,11H,1-2,7H2,(H,13,14). The van der Waals surface area contributed by atoms with E-state index in [0.717, 1.165) is 5.56 Å². The van der Waals surface area contributed by atoms with Crippen LogP contribution in [0.25, 0.3) is 0 Å². The molecule has 2 unspecified atom stereocenters. The predicted octanol–water partition coefficient (Wildman–Crippen LogP) is 1.36. The lowest BCUT2D eigenvalue weighted by Gasteiger charge is -2.10. The molecule has 1 saturated heterocycles. The summed E-state index contributed by atoms with van der Waals surface area (Å²) in [6, 6.07) is 3.65. The highest BCUT2D eigenvalue weighted by Crippen LogP contribution is 2.28. The number of rotatable bonds is 4. The van der Waals surface area contributed by atoms with Crippen molar-refractivity contribution in [2.24, 2.45) is 0 Å². The summed E-state index contributed by atoms with van der Waals surface area (Å²) in [5, 5.41) is 8.55. The van der Waals surface area contributed by atoms with Crippen molar-refractivity contribution in [3.63, 3.8) is 0 Å². The monoisotopic (exact) mass is 223 g/mol. The third-order valence-electron chi connectivity index (χ3n) is 2.41. The summed E-state index contributed by atoms with van der Waals surface area (Å²) in [7, 11) is 0. The van der Waals surface area contributed by atoms with Crippen molar-refractivity contribution in [2.45, 2.75) is 25.2 Å². The second kappa shape index (κ2) is 5.05. The van der Waals surface area contributed by atoms with E-state index in [1.165, 1.54) is 0 Å². The quantitative estimate of drug-likeness (QED) is 0.834. The van der Waals surface area contributed by atoms with E-state index in [0.29, 0.717) is 13.0 Å². The predicted molar refractivity (Wildman–Crippen MR) is 54.7 cm³/mol. The van der Waals surface area contributed by atoms with Gasteiger partial charge < -0.3 is 14.6 Å². The summed E-state index contributed by atoms with van der Waals surface area (Å²) in [4.78, 5) is 14.3. The lowest BCUT2D eigenvalue weighted by molar-refractivity contribution is -0.138. The zero-order chi connectivity index (χ0) is 11.4. The van der Waals surface area contributed by atoms with Gasteiger partial charge in [-0.05, 0) is 18.6 Å². The van der Waals surface area contributed by atoms with Crippen molar-refractivity contribution < 1.29 is 19.4 Å². The van der Waals surface area contributed by atoms with Crippen LogP contribution in [0.15, 0.2) is 24.5 Å². The number of carbonyl (C=O) groups is 1. The van der Waals surface area contributed by atoms with Crippen LogP contribution in [0.4, 0.5) is 0 Å². The van der Waals surface area contributed by atoms with E-state index in [2.05, 4.69) is 4.98 Å². The van der Waals surface area contributed by atoms with Crippen LogP contribution in [0.5, 0.6) is 0 Å². The van der Waals surface area contributed by atoms with Gasteiger partial charge in [0.25, 0.3) is 0 Å². The van der Waals surface area contributed by atoms with Crippen molar-refractivity contribution in [1.29, 1.82) is 0 Å². The molecular weight excluding hydrogens is 210 g/mol. The fourth-order valence-electron chi connectivity index (χ4n) is 1.58. The maximum atomic E-state index is 10.4. The maximum Gasteiger partial charge on any atom is 0.303 e. The number of hydrogen-bond acceptors (Lipinski definition) is 4. The van der Waals surface area contributed by atoms with Crippen LogP contribution in [-0.2, 0) is 14.3 Å². The van der Waals surface area contributed by atoms with Crippen LogP contribution < -0.4 is 0 Å². The molecule has 1 aliphatic rings. The van der Waals surface area contributed by atoms with E-state index in [-0.39, 0.29) is 18.8 Å². The molecule has 0 aromatic carbocycles. The smallest absolute Gasteiger partial charge is 0.303 e. The number of hydrogen-bond donors (Lipinski definition) is 1. The minimum Gasteiger partial charge on any atom is -0.481 e. The van der Waals surface area contributed by atoms with E-state index in [9.17, 15) is 4.79 Å². The zero-order valence-electron chi connectivity index (χ0n) is 8.70. The number of pyridine rings is 1. The summed E-state index contributed by atoms with van der Waals surface area (Å²) >= 11 is 0. The van der Waals surface area contributed by atoms with Gasteiger partial charge in [0.1, 0.15) is 0 Å². The van der Waals surface area contributed by atoms with Crippen molar-refractivity contribution in [3.05, 3.63) is 30.1 Å². The highest BCUT2D eigenvalue weighted by Gasteiger charge is 2.27. The molecule has 0 spiro atoms. The first-order chi connectivity index (χ1) is 7.75. The SMILES string of the molecule is O=C(O)CCC1COC(c2ccncc2)O1. The number of aliphatic carboxylic acids is 1. The molecule has 0 bridgehead atoms. The van der Waals surface area contributed by atoms with Crippen molar-refractivity contribution in [2.75, 3.05) is 6.61 Å². The minimum atomic E-state index is -0.809. The van der Waals surface area contributed by atoms with Gasteiger partial charge in [-0.15, -0.1) is 0 Å². The average Bonchev–Trinajstić information content (AvgIpc) is 2.76. The Morgan fingerprint density at radius 2 is 2.25 bits per heavy atom. The van der Waals surface area contributed by atoms with Crippen molar-refractivity contribution in [1.82, 2.24) is 4.98 Å². The third-order valence-corrected chi connectivity index (χ3v) is 2.41. The van der Waals surface area contributed by atoms with Gasteiger partial charge in [0.05, 0.1) is 12.7 Å². The van der Waals surface area contributed by atoms with E-state index in [1.54, 1.807) is 12.4 Å². The summed E-state index contributed by atoms with van der Waals surface area (Å²) in [5.41, 5.74) is 0.910. The second-order valence-corrected chi connectivity index (χ2v) is 3.64. The number of ether oxygens (including phenoxy) is 2. The van der Waals surface area contributed by atoms with Gasteiger partial charge in [0.2, 0.25) is 0 Å². The van der Waals surface area contributed by atoms with Gasteiger partial charge in [-0.2, -0.15) is 0 Å². The molecule has 0 aliphatic carbocycles. The Kier molecular flexibility index (Phi) is 3.48. The third kappa shape index (κ3) is 2.77. The van der Waals surface area contributed by atoms with E-state index >= 15 is 0 Å². The molecule has 1 N–H and O–H groups in total. The molecule has 1 aromatic heterocycles. The molecule has 16 heavy (non-hydrogen) atoms. The molecular formula is C11H13NO4. The highest BCUT2D eigenvalue weighted by molar-refractivity contribution is 5.66. The summed E-state index contributed by atoms with van der Waals surface area (Å²) < 4.78 is 11.0. The lowest BCUT2D eigenvalue weighted by Crippen LogP contribution is -2.12. The average molecular weight is 223 g/mol. The Hall–Kier alpha value is -1.46. The molecule has 2 heterocycles. The van der Waals surface area contributed by atoms with Gasteiger partial charge in [0.15, 0.2) is 6.29 Å². The van der Waals surface area contributed by atoms with E-state index in [1.807, 2.05) is 12.1 Å². The first kappa shape index (κ1) is 11.0. The Morgan fingerprint density at radius 3 is 2.94 bits per heavy atom. The van der Waals surface area contributed by atoms with Crippen molar-refractivity contribution >= 4 is 5.97 Å². The molecule has 1 aromatic rings. The summed E-state index contributed by atoms with van der Waals surface area (Å²) in [6.07, 6.45) is 3.42. The van der Waals surface area contributed by atoms with Gasteiger partial charge >= 0.3 is 5.97 Å². The second-order valence-electron chi connectivity index (χ2n) is 3.64. The van der Waals surface area contributed by atoms with Gasteiger partial charge in [-0.3, -0.25) is 9.78 Å². The topological polar surface area (TPSA) is 68.7 Å². The number of carboxylic acids is 1.